The van der Waals surface area contributed by atoms with E-state index in [0.717, 1.165) is 12.1 Å². The first-order chi connectivity index (χ1) is 7.08. The zero-order valence-electron chi connectivity index (χ0n) is 8.11. The van der Waals surface area contributed by atoms with E-state index >= 15 is 0 Å². The molecule has 2 aromatic rings. The highest BCUT2D eigenvalue weighted by molar-refractivity contribution is 5.75. The number of aliphatic hydroxyl groups is 1. The van der Waals surface area contributed by atoms with Crippen LogP contribution in [0.5, 0.6) is 0 Å². The zero-order chi connectivity index (χ0) is 11.0. The Morgan fingerprint density at radius 3 is 2.73 bits per heavy atom. The van der Waals surface area contributed by atoms with Gasteiger partial charge in [0, 0.05) is 18.7 Å². The lowest BCUT2D eigenvalue weighted by molar-refractivity contribution is 0.175. The molecule has 0 bridgehead atoms. The van der Waals surface area contributed by atoms with Gasteiger partial charge in [-0.3, -0.25) is 0 Å². The molecule has 3 nitrogen and oxygen atoms in total. The Morgan fingerprint density at radius 2 is 2.07 bits per heavy atom. The second kappa shape index (κ2) is 3.58. The summed E-state index contributed by atoms with van der Waals surface area (Å²) in [5.41, 5.74) is 0.865. The molecule has 5 heteroatoms. The molecule has 1 unspecified atom stereocenters. The van der Waals surface area contributed by atoms with Crippen LogP contribution in [0.25, 0.3) is 11.0 Å². The molecule has 2 rings (SSSR count). The number of hydrogen-bond donors (Lipinski definition) is 1. The quantitative estimate of drug-likeness (QED) is 0.822. The smallest absolute Gasteiger partial charge is 0.161 e. The van der Waals surface area contributed by atoms with E-state index in [1.165, 1.54) is 6.33 Å². The van der Waals surface area contributed by atoms with Gasteiger partial charge in [-0.1, -0.05) is 0 Å². The number of fused-ring (bicyclic) bond motifs is 1. The molecule has 0 saturated carbocycles. The molecule has 1 aromatic heterocycles. The summed E-state index contributed by atoms with van der Waals surface area (Å²) in [5, 5.41) is 9.19. The fraction of sp³-hybridized carbons (Fsp3) is 0.300. The summed E-state index contributed by atoms with van der Waals surface area (Å²) in [6.45, 7) is 1.92. The summed E-state index contributed by atoms with van der Waals surface area (Å²) in [6, 6.07) is 2.13. The average Bonchev–Trinajstić information content (AvgIpc) is 2.49. The summed E-state index contributed by atoms with van der Waals surface area (Å²) in [7, 11) is 0. The lowest BCUT2D eigenvalue weighted by atomic mass is 10.3. The maximum atomic E-state index is 13.0. The number of halogens is 2. The molecule has 0 spiro atoms. The van der Waals surface area contributed by atoms with Crippen LogP contribution in [-0.2, 0) is 6.54 Å². The average molecular weight is 212 g/mol. The van der Waals surface area contributed by atoms with E-state index in [1.54, 1.807) is 11.5 Å². The maximum absolute atomic E-state index is 13.0. The van der Waals surface area contributed by atoms with Gasteiger partial charge in [-0.05, 0) is 6.92 Å². The van der Waals surface area contributed by atoms with Gasteiger partial charge < -0.3 is 9.67 Å². The van der Waals surface area contributed by atoms with Crippen LogP contribution in [0, 0.1) is 11.6 Å². The Bertz CT molecular complexity index is 493. The lowest BCUT2D eigenvalue weighted by Crippen LogP contribution is -2.10. The molecule has 0 saturated heterocycles. The Kier molecular flexibility index (Phi) is 2.40. The highest BCUT2D eigenvalue weighted by Crippen LogP contribution is 2.17. The van der Waals surface area contributed by atoms with E-state index in [9.17, 15) is 13.9 Å². The van der Waals surface area contributed by atoms with E-state index in [4.69, 9.17) is 0 Å². The predicted molar refractivity (Wildman–Crippen MR) is 51.3 cm³/mol. The van der Waals surface area contributed by atoms with Crippen LogP contribution < -0.4 is 0 Å². The van der Waals surface area contributed by atoms with Crippen LogP contribution in [0.1, 0.15) is 6.92 Å². The molecule has 80 valence electrons. The van der Waals surface area contributed by atoms with Crippen molar-refractivity contribution in [1.82, 2.24) is 9.55 Å². The first kappa shape index (κ1) is 10.0. The Hall–Kier alpha value is -1.49. The van der Waals surface area contributed by atoms with E-state index in [2.05, 4.69) is 4.98 Å². The standard InChI is InChI=1S/C10H10F2N2O/c1-6(15)4-14-5-13-9-2-7(11)8(12)3-10(9)14/h2-3,5-6,15H,4H2,1H3. The molecule has 0 aliphatic carbocycles. The molecular formula is C10H10F2N2O. The molecule has 1 heterocycles. The molecule has 0 aliphatic rings. The fourth-order valence-corrected chi connectivity index (χ4v) is 1.48. The van der Waals surface area contributed by atoms with Gasteiger partial charge in [0.2, 0.25) is 0 Å². The number of aliphatic hydroxyl groups excluding tert-OH is 1. The van der Waals surface area contributed by atoms with Crippen LogP contribution >= 0.6 is 0 Å². The van der Waals surface area contributed by atoms with Crippen molar-refractivity contribution >= 4 is 11.0 Å². The van der Waals surface area contributed by atoms with Crippen molar-refractivity contribution in [2.45, 2.75) is 19.6 Å². The monoisotopic (exact) mass is 212 g/mol. The largest absolute Gasteiger partial charge is 0.392 e. The van der Waals surface area contributed by atoms with E-state index < -0.39 is 17.7 Å². The highest BCUT2D eigenvalue weighted by atomic mass is 19.2. The van der Waals surface area contributed by atoms with Gasteiger partial charge in [0.1, 0.15) is 0 Å². The third kappa shape index (κ3) is 1.83. The first-order valence-electron chi connectivity index (χ1n) is 4.56. The summed E-state index contributed by atoms with van der Waals surface area (Å²) < 4.78 is 27.4. The summed E-state index contributed by atoms with van der Waals surface area (Å²) in [4.78, 5) is 3.92. The van der Waals surface area contributed by atoms with Gasteiger partial charge in [0.15, 0.2) is 11.6 Å². The van der Waals surface area contributed by atoms with Gasteiger partial charge in [-0.2, -0.15) is 0 Å². The van der Waals surface area contributed by atoms with Crippen LogP contribution in [0.4, 0.5) is 8.78 Å². The van der Waals surface area contributed by atoms with Crippen molar-refractivity contribution in [1.29, 1.82) is 0 Å². The van der Waals surface area contributed by atoms with E-state index in [-0.39, 0.29) is 0 Å². The fourth-order valence-electron chi connectivity index (χ4n) is 1.48. The molecule has 0 amide bonds. The maximum Gasteiger partial charge on any atom is 0.161 e. The highest BCUT2D eigenvalue weighted by Gasteiger charge is 2.09. The van der Waals surface area contributed by atoms with Crippen molar-refractivity contribution in [3.63, 3.8) is 0 Å². The second-order valence-corrected chi connectivity index (χ2v) is 3.50. The molecule has 0 aliphatic heterocycles. The van der Waals surface area contributed by atoms with Crippen molar-refractivity contribution in [3.8, 4) is 0 Å². The van der Waals surface area contributed by atoms with Crippen molar-refractivity contribution in [2.24, 2.45) is 0 Å². The van der Waals surface area contributed by atoms with Gasteiger partial charge in [-0.25, -0.2) is 13.8 Å². The van der Waals surface area contributed by atoms with E-state index in [1.807, 2.05) is 0 Å². The third-order valence-electron chi connectivity index (χ3n) is 2.12. The summed E-state index contributed by atoms with van der Waals surface area (Å²) >= 11 is 0. The van der Waals surface area contributed by atoms with Crippen LogP contribution in [0.15, 0.2) is 18.5 Å². The third-order valence-corrected chi connectivity index (χ3v) is 2.12. The SMILES string of the molecule is CC(O)Cn1cnc2cc(F)c(F)cc21. The van der Waals surface area contributed by atoms with Crippen LogP contribution in [0.2, 0.25) is 0 Å². The molecule has 15 heavy (non-hydrogen) atoms. The Balaban J connectivity index is 2.54. The molecule has 1 N–H and O–H groups in total. The predicted octanol–water partition coefficient (Wildman–Crippen LogP) is 1.70. The lowest BCUT2D eigenvalue weighted by Gasteiger charge is -2.06. The normalized spacial score (nSPS) is 13.3. The van der Waals surface area contributed by atoms with Crippen molar-refractivity contribution < 1.29 is 13.9 Å². The minimum atomic E-state index is -0.912. The van der Waals surface area contributed by atoms with Crippen LogP contribution in [-0.4, -0.2) is 20.8 Å². The van der Waals surface area contributed by atoms with Crippen LogP contribution in [0.3, 0.4) is 0 Å². The summed E-state index contributed by atoms with van der Waals surface area (Å²) in [6.07, 6.45) is 0.895. The van der Waals surface area contributed by atoms with Gasteiger partial charge >= 0.3 is 0 Å². The van der Waals surface area contributed by atoms with Crippen molar-refractivity contribution in [3.05, 3.63) is 30.1 Å². The molecule has 0 radical (unpaired) electrons. The Labute approximate surface area is 85.0 Å². The first-order valence-corrected chi connectivity index (χ1v) is 4.56. The van der Waals surface area contributed by atoms with Gasteiger partial charge in [0.05, 0.1) is 23.5 Å². The van der Waals surface area contributed by atoms with E-state index in [0.29, 0.717) is 17.6 Å². The van der Waals surface area contributed by atoms with Gasteiger partial charge in [-0.15, -0.1) is 0 Å². The molecular weight excluding hydrogens is 202 g/mol. The topological polar surface area (TPSA) is 38.0 Å². The second-order valence-electron chi connectivity index (χ2n) is 3.50. The molecule has 1 atom stereocenters. The van der Waals surface area contributed by atoms with Gasteiger partial charge in [0.25, 0.3) is 0 Å². The minimum Gasteiger partial charge on any atom is -0.392 e. The minimum absolute atomic E-state index is 0.307. The van der Waals surface area contributed by atoms with Crippen molar-refractivity contribution in [2.75, 3.05) is 0 Å². The number of nitrogens with zero attached hydrogens (tertiary/aromatic N) is 2. The zero-order valence-corrected chi connectivity index (χ0v) is 8.11. The number of aromatic nitrogens is 2. The number of benzene rings is 1. The Morgan fingerprint density at radius 1 is 1.40 bits per heavy atom. The summed E-state index contributed by atoms with van der Waals surface area (Å²) in [5.74, 6) is -1.82. The molecule has 1 aromatic carbocycles. The molecule has 0 fully saturated rings. The number of hydrogen-bond acceptors (Lipinski definition) is 2. The number of rotatable bonds is 2. The number of imidazole rings is 1.